The maximum Gasteiger partial charge on any atom is 0.251 e. The van der Waals surface area contributed by atoms with E-state index in [1.807, 2.05) is 36.0 Å². The molecule has 3 saturated carbocycles. The number of anilines is 2. The van der Waals surface area contributed by atoms with Gasteiger partial charge in [0, 0.05) is 24.8 Å². The van der Waals surface area contributed by atoms with Crippen LogP contribution in [0.3, 0.4) is 0 Å². The molecule has 9 nitrogen and oxygen atoms in total. The van der Waals surface area contributed by atoms with Gasteiger partial charge in [-0.25, -0.2) is 19.5 Å². The summed E-state index contributed by atoms with van der Waals surface area (Å²) in [5.74, 6) is 1.56. The van der Waals surface area contributed by atoms with Gasteiger partial charge in [0.2, 0.25) is 5.95 Å². The first-order valence-electron chi connectivity index (χ1n) is 11.7. The minimum atomic E-state index is -0.0266. The summed E-state index contributed by atoms with van der Waals surface area (Å²) in [6, 6.07) is 3.81. The van der Waals surface area contributed by atoms with Gasteiger partial charge in [-0.2, -0.15) is 5.10 Å². The first-order valence-corrected chi connectivity index (χ1v) is 11.7. The van der Waals surface area contributed by atoms with Gasteiger partial charge in [-0.1, -0.05) is 0 Å². The van der Waals surface area contributed by atoms with Crippen molar-refractivity contribution in [1.82, 2.24) is 29.1 Å². The van der Waals surface area contributed by atoms with E-state index in [0.29, 0.717) is 19.2 Å². The number of nitrogens with zero attached hydrogens (tertiary/aromatic N) is 6. The summed E-state index contributed by atoms with van der Waals surface area (Å²) in [7, 11) is 0. The fourth-order valence-electron chi connectivity index (χ4n) is 5.92. The van der Waals surface area contributed by atoms with E-state index in [2.05, 4.69) is 20.4 Å². The Morgan fingerprint density at radius 3 is 2.73 bits per heavy atom. The smallest absolute Gasteiger partial charge is 0.251 e. The summed E-state index contributed by atoms with van der Waals surface area (Å²) in [6.45, 7) is 3.45. The number of fused-ring (bicyclic) bond motifs is 2. The minimum Gasteiger partial charge on any atom is -0.381 e. The number of aromatic nitrogens is 6. The Labute approximate surface area is 189 Å². The van der Waals surface area contributed by atoms with E-state index in [1.165, 1.54) is 6.33 Å². The maximum absolute atomic E-state index is 13.3. The molecule has 4 aromatic heterocycles. The average Bonchev–Trinajstić information content (AvgIpc) is 3.21. The Morgan fingerprint density at radius 1 is 1.15 bits per heavy atom. The van der Waals surface area contributed by atoms with Gasteiger partial charge < -0.3 is 10.1 Å². The zero-order valence-electron chi connectivity index (χ0n) is 18.5. The monoisotopic (exact) mass is 443 g/mol. The lowest BCUT2D eigenvalue weighted by molar-refractivity contribution is -0.0880. The van der Waals surface area contributed by atoms with Crippen LogP contribution in [0.5, 0.6) is 0 Å². The van der Waals surface area contributed by atoms with Gasteiger partial charge in [-0.05, 0) is 68.1 Å². The van der Waals surface area contributed by atoms with Crippen LogP contribution < -0.4 is 10.9 Å². The van der Waals surface area contributed by atoms with E-state index in [1.54, 1.807) is 4.52 Å². The van der Waals surface area contributed by atoms with E-state index in [4.69, 9.17) is 9.72 Å². The predicted octanol–water partition coefficient (Wildman–Crippen LogP) is 3.29. The normalized spacial score (nSPS) is 24.6. The van der Waals surface area contributed by atoms with Crippen LogP contribution in [0.4, 0.5) is 11.6 Å². The standard InChI is InChI=1S/C24H25N7O2/c1-14-6-20-26-13-27-30(20)12-18(14)28-23-25-11-19-22(29-23)17(16-2-4-33-5-3-16)7-21(32)31(19)24-8-15(9-24)10-24/h6-7,11-13,15-16H,2-5,8-10H2,1H3,(H,25,28,29). The Kier molecular flexibility index (Phi) is 3.97. The maximum atomic E-state index is 13.3. The van der Waals surface area contributed by atoms with Crippen LogP contribution in [0, 0.1) is 12.8 Å². The third kappa shape index (κ3) is 2.84. The molecule has 3 aliphatic carbocycles. The predicted molar refractivity (Wildman–Crippen MR) is 123 cm³/mol. The molecule has 0 radical (unpaired) electrons. The molecule has 4 aliphatic rings. The molecular weight excluding hydrogens is 418 g/mol. The Morgan fingerprint density at radius 2 is 1.97 bits per heavy atom. The van der Waals surface area contributed by atoms with E-state index in [9.17, 15) is 4.79 Å². The van der Waals surface area contributed by atoms with Gasteiger partial charge in [-0.3, -0.25) is 9.36 Å². The summed E-state index contributed by atoms with van der Waals surface area (Å²) < 4.78 is 9.29. The van der Waals surface area contributed by atoms with E-state index in [0.717, 1.165) is 71.5 Å². The highest BCUT2D eigenvalue weighted by atomic mass is 16.5. The molecule has 0 spiro atoms. The fourth-order valence-corrected chi connectivity index (χ4v) is 5.92. The first kappa shape index (κ1) is 19.2. The van der Waals surface area contributed by atoms with Crippen LogP contribution >= 0.6 is 0 Å². The Hall–Kier alpha value is -3.33. The lowest BCUT2D eigenvalue weighted by Crippen LogP contribution is -2.62. The number of pyridine rings is 2. The molecule has 0 unspecified atom stereocenters. The Balaban J connectivity index is 1.37. The van der Waals surface area contributed by atoms with Crippen molar-refractivity contribution in [2.24, 2.45) is 5.92 Å². The quantitative estimate of drug-likeness (QED) is 0.517. The second-order valence-electron chi connectivity index (χ2n) is 9.85. The van der Waals surface area contributed by atoms with Crippen molar-refractivity contribution in [1.29, 1.82) is 0 Å². The first-order chi connectivity index (χ1) is 16.1. The molecule has 4 aromatic rings. The summed E-state index contributed by atoms with van der Waals surface area (Å²) in [4.78, 5) is 27.2. The van der Waals surface area contributed by atoms with Crippen molar-refractivity contribution in [3.05, 3.63) is 52.3 Å². The van der Waals surface area contributed by atoms with Crippen molar-refractivity contribution in [3.8, 4) is 0 Å². The Bertz CT molecular complexity index is 1450. The third-order valence-electron chi connectivity index (χ3n) is 7.79. The number of nitrogens with one attached hydrogen (secondary N) is 1. The van der Waals surface area contributed by atoms with Gasteiger partial charge in [-0.15, -0.1) is 0 Å². The summed E-state index contributed by atoms with van der Waals surface area (Å²) in [5, 5.41) is 7.59. The average molecular weight is 444 g/mol. The van der Waals surface area contributed by atoms with Crippen LogP contribution in [0.2, 0.25) is 0 Å². The van der Waals surface area contributed by atoms with Crippen molar-refractivity contribution < 1.29 is 4.74 Å². The highest BCUT2D eigenvalue weighted by Crippen LogP contribution is 2.62. The molecule has 33 heavy (non-hydrogen) atoms. The topological polar surface area (TPSA) is 99.2 Å². The highest BCUT2D eigenvalue weighted by molar-refractivity contribution is 5.80. The second kappa shape index (κ2) is 6.84. The number of rotatable bonds is 4. The molecule has 0 atom stereocenters. The van der Waals surface area contributed by atoms with E-state index >= 15 is 0 Å². The zero-order valence-corrected chi connectivity index (χ0v) is 18.5. The van der Waals surface area contributed by atoms with Gasteiger partial charge >= 0.3 is 0 Å². The lowest BCUT2D eigenvalue weighted by atomic mass is 9.49. The van der Waals surface area contributed by atoms with Crippen LogP contribution in [0.15, 0.2) is 35.6 Å². The van der Waals surface area contributed by atoms with Crippen molar-refractivity contribution >= 4 is 28.3 Å². The van der Waals surface area contributed by atoms with E-state index in [-0.39, 0.29) is 17.0 Å². The van der Waals surface area contributed by atoms with Gasteiger partial charge in [0.1, 0.15) is 6.33 Å². The number of ether oxygens (including phenoxy) is 1. The molecule has 1 N–H and O–H groups in total. The SMILES string of the molecule is Cc1cc2ncnn2cc1Nc1ncc2c(n1)c(C1CCOCC1)cc(=O)n2C12CC(C1)C2. The number of aryl methyl sites for hydroxylation is 1. The molecule has 1 aliphatic heterocycles. The summed E-state index contributed by atoms with van der Waals surface area (Å²) >= 11 is 0. The zero-order chi connectivity index (χ0) is 22.2. The molecule has 8 rings (SSSR count). The van der Waals surface area contributed by atoms with Gasteiger partial charge in [0.05, 0.1) is 29.1 Å². The van der Waals surface area contributed by atoms with Crippen LogP contribution in [0.25, 0.3) is 16.7 Å². The highest BCUT2D eigenvalue weighted by Gasteiger charge is 2.58. The molecule has 2 bridgehead atoms. The summed E-state index contributed by atoms with van der Waals surface area (Å²) in [5.41, 5.74) is 5.51. The molecule has 4 fully saturated rings. The van der Waals surface area contributed by atoms with Crippen molar-refractivity contribution in [2.45, 2.75) is 50.5 Å². The van der Waals surface area contributed by atoms with Crippen molar-refractivity contribution in [2.75, 3.05) is 18.5 Å². The molecule has 9 heteroatoms. The van der Waals surface area contributed by atoms with E-state index < -0.39 is 0 Å². The van der Waals surface area contributed by atoms with Crippen LogP contribution in [0.1, 0.15) is 49.1 Å². The number of hydrogen-bond acceptors (Lipinski definition) is 7. The fraction of sp³-hybridized carbons (Fsp3) is 0.458. The molecule has 1 saturated heterocycles. The van der Waals surface area contributed by atoms with Gasteiger partial charge in [0.15, 0.2) is 5.65 Å². The molecule has 0 aromatic carbocycles. The minimum absolute atomic E-state index is 0.0266. The second-order valence-corrected chi connectivity index (χ2v) is 9.85. The summed E-state index contributed by atoms with van der Waals surface area (Å²) in [6.07, 6.45) is 10.4. The van der Waals surface area contributed by atoms with Gasteiger partial charge in [0.25, 0.3) is 5.56 Å². The molecular formula is C24H25N7O2. The van der Waals surface area contributed by atoms with Crippen LogP contribution in [-0.2, 0) is 10.3 Å². The number of hydrogen-bond donors (Lipinski definition) is 1. The van der Waals surface area contributed by atoms with Crippen molar-refractivity contribution in [3.63, 3.8) is 0 Å². The molecule has 0 amide bonds. The van der Waals surface area contributed by atoms with Crippen LogP contribution in [-0.4, -0.2) is 42.3 Å². The third-order valence-corrected chi connectivity index (χ3v) is 7.79. The molecule has 168 valence electrons. The lowest BCUT2D eigenvalue weighted by Gasteiger charge is -2.62. The molecule has 5 heterocycles. The largest absolute Gasteiger partial charge is 0.381 e.